The van der Waals surface area contributed by atoms with Crippen LogP contribution in [0.1, 0.15) is 57.5 Å². The molecule has 0 spiro atoms. The highest BCUT2D eigenvalue weighted by Crippen LogP contribution is 2.47. The fraction of sp³-hybridized carbons (Fsp3) is 0.435. The van der Waals surface area contributed by atoms with Crippen molar-refractivity contribution in [3.8, 4) is 0 Å². The number of amides is 1. The summed E-state index contributed by atoms with van der Waals surface area (Å²) in [6.45, 7) is 2.48. The zero-order chi connectivity index (χ0) is 24.4. The summed E-state index contributed by atoms with van der Waals surface area (Å²) < 4.78 is 48.4. The molecule has 178 valence electrons. The van der Waals surface area contributed by atoms with Crippen LogP contribution in [0.25, 0.3) is 11.6 Å². The number of thioether (sulfide) groups is 1. The highest BCUT2D eigenvalue weighted by atomic mass is 32.2. The van der Waals surface area contributed by atoms with Crippen molar-refractivity contribution >= 4 is 51.8 Å². The first-order chi connectivity index (χ1) is 15.4. The van der Waals surface area contributed by atoms with Crippen molar-refractivity contribution in [1.29, 1.82) is 0 Å². The number of hydrogen-bond acceptors (Lipinski definition) is 5. The van der Waals surface area contributed by atoms with Crippen LogP contribution >= 0.6 is 24.0 Å². The molecule has 1 N–H and O–H groups in total. The molecule has 0 saturated carbocycles. The molecule has 1 aliphatic heterocycles. The van der Waals surface area contributed by atoms with Crippen LogP contribution in [0.2, 0.25) is 0 Å². The van der Waals surface area contributed by atoms with Gasteiger partial charge in [-0.3, -0.25) is 14.5 Å². The van der Waals surface area contributed by atoms with Crippen molar-refractivity contribution in [3.63, 3.8) is 0 Å². The number of carboxylic acid groups (broad SMARTS) is 1. The molecule has 3 rings (SSSR count). The maximum absolute atomic E-state index is 14.7. The highest BCUT2D eigenvalue weighted by molar-refractivity contribution is 8.26. The standard InChI is InChI=1S/C23H24F3NO4S2/c1-22(23(2,25)26)10-9-15(16(24)13-22)17-8-7-14(31-17)12-18-20(30)27(21(32)33-18)11-5-3-4-6-19(28)29/h7-10,12H,3-6,11,13H2,1-2H3,(H,28,29)/b18-12+. The Morgan fingerprint density at radius 3 is 2.73 bits per heavy atom. The van der Waals surface area contributed by atoms with E-state index in [9.17, 15) is 22.8 Å². The molecule has 1 unspecified atom stereocenters. The Balaban J connectivity index is 1.67. The van der Waals surface area contributed by atoms with Crippen LogP contribution in [0, 0.1) is 5.41 Å². The number of rotatable bonds is 9. The van der Waals surface area contributed by atoms with Gasteiger partial charge in [0.15, 0.2) is 0 Å². The predicted molar refractivity (Wildman–Crippen MR) is 125 cm³/mol. The zero-order valence-electron chi connectivity index (χ0n) is 18.2. The molecular weight excluding hydrogens is 475 g/mol. The van der Waals surface area contributed by atoms with Crippen molar-refractivity contribution < 1.29 is 32.3 Å². The molecule has 1 saturated heterocycles. The number of thiocarbonyl (C=S) groups is 1. The average Bonchev–Trinajstić information content (AvgIpc) is 3.26. The van der Waals surface area contributed by atoms with E-state index < -0.39 is 29.6 Å². The second kappa shape index (κ2) is 9.89. The van der Waals surface area contributed by atoms with Crippen LogP contribution in [0.3, 0.4) is 0 Å². The number of halogens is 3. The molecule has 1 amide bonds. The van der Waals surface area contributed by atoms with Crippen LogP contribution in [0.5, 0.6) is 0 Å². The molecule has 2 heterocycles. The molecule has 0 aromatic carbocycles. The van der Waals surface area contributed by atoms with E-state index in [-0.39, 0.29) is 23.7 Å². The number of aliphatic carboxylic acids is 1. The first-order valence-electron chi connectivity index (χ1n) is 10.4. The highest BCUT2D eigenvalue weighted by Gasteiger charge is 2.46. The van der Waals surface area contributed by atoms with Gasteiger partial charge in [-0.05, 0) is 31.9 Å². The van der Waals surface area contributed by atoms with Crippen LogP contribution in [-0.4, -0.2) is 38.7 Å². The summed E-state index contributed by atoms with van der Waals surface area (Å²) in [4.78, 5) is 25.1. The summed E-state index contributed by atoms with van der Waals surface area (Å²) in [5.41, 5.74) is -1.51. The third kappa shape index (κ3) is 5.78. The number of unbranched alkanes of at least 4 members (excludes halogenated alkanes) is 2. The second-order valence-corrected chi connectivity index (χ2v) is 10.1. The van der Waals surface area contributed by atoms with Gasteiger partial charge < -0.3 is 9.52 Å². The largest absolute Gasteiger partial charge is 0.481 e. The summed E-state index contributed by atoms with van der Waals surface area (Å²) in [6, 6.07) is 3.10. The van der Waals surface area contributed by atoms with Gasteiger partial charge in [0.25, 0.3) is 11.8 Å². The zero-order valence-corrected chi connectivity index (χ0v) is 19.8. The fourth-order valence-electron chi connectivity index (χ4n) is 3.47. The summed E-state index contributed by atoms with van der Waals surface area (Å²) in [6.07, 6.45) is 5.61. The molecule has 33 heavy (non-hydrogen) atoms. The van der Waals surface area contributed by atoms with E-state index in [0.29, 0.717) is 40.8 Å². The molecule has 1 atom stereocenters. The number of nitrogens with zero attached hydrogens (tertiary/aromatic N) is 1. The Hall–Kier alpha value is -2.33. The van der Waals surface area contributed by atoms with E-state index in [1.165, 1.54) is 36.1 Å². The SMILES string of the molecule is CC(F)(F)C1(C)C=CC(c2ccc(/C=C3/SC(=S)N(CCCCCC(=O)O)C3=O)o2)=C(F)C1. The van der Waals surface area contributed by atoms with E-state index in [1.807, 2.05) is 0 Å². The van der Waals surface area contributed by atoms with Gasteiger partial charge in [0.05, 0.1) is 10.3 Å². The van der Waals surface area contributed by atoms with E-state index in [2.05, 4.69) is 0 Å². The molecular formula is C23H24F3NO4S2. The lowest BCUT2D eigenvalue weighted by Crippen LogP contribution is -2.35. The van der Waals surface area contributed by atoms with Crippen molar-refractivity contribution in [2.24, 2.45) is 5.41 Å². The number of carboxylic acids is 1. The minimum atomic E-state index is -3.08. The Morgan fingerprint density at radius 1 is 1.36 bits per heavy atom. The Kier molecular flexibility index (Phi) is 7.58. The molecule has 0 bridgehead atoms. The maximum atomic E-state index is 14.7. The van der Waals surface area contributed by atoms with E-state index in [1.54, 1.807) is 6.07 Å². The Morgan fingerprint density at radius 2 is 2.09 bits per heavy atom. The van der Waals surface area contributed by atoms with Crippen LogP contribution in [0.4, 0.5) is 13.2 Å². The predicted octanol–water partition coefficient (Wildman–Crippen LogP) is 6.43. The minimum absolute atomic E-state index is 0.0887. The van der Waals surface area contributed by atoms with Gasteiger partial charge in [0, 0.05) is 38.0 Å². The first kappa shape index (κ1) is 25.3. The third-order valence-electron chi connectivity index (χ3n) is 5.75. The van der Waals surface area contributed by atoms with Crippen LogP contribution in [-0.2, 0) is 9.59 Å². The van der Waals surface area contributed by atoms with Gasteiger partial charge in [-0.15, -0.1) is 0 Å². The van der Waals surface area contributed by atoms with Gasteiger partial charge >= 0.3 is 5.97 Å². The molecule has 1 fully saturated rings. The van der Waals surface area contributed by atoms with E-state index >= 15 is 0 Å². The summed E-state index contributed by atoms with van der Waals surface area (Å²) >= 11 is 6.40. The van der Waals surface area contributed by atoms with Crippen molar-refractivity contribution in [1.82, 2.24) is 4.90 Å². The van der Waals surface area contributed by atoms with Crippen molar-refractivity contribution in [2.75, 3.05) is 6.54 Å². The number of alkyl halides is 2. The number of carbonyl (C=O) groups excluding carboxylic acids is 1. The van der Waals surface area contributed by atoms with Gasteiger partial charge in [-0.25, -0.2) is 13.2 Å². The summed E-state index contributed by atoms with van der Waals surface area (Å²) in [5.74, 6) is -4.38. The van der Waals surface area contributed by atoms with Gasteiger partial charge in [0.2, 0.25) is 0 Å². The molecule has 2 aliphatic rings. The van der Waals surface area contributed by atoms with Crippen LogP contribution < -0.4 is 0 Å². The van der Waals surface area contributed by atoms with Gasteiger partial charge in [-0.2, -0.15) is 0 Å². The average molecular weight is 500 g/mol. The Bertz CT molecular complexity index is 1050. The maximum Gasteiger partial charge on any atom is 0.303 e. The van der Waals surface area contributed by atoms with Gasteiger partial charge in [0.1, 0.15) is 21.7 Å². The smallest absolute Gasteiger partial charge is 0.303 e. The Labute approximate surface area is 199 Å². The normalized spacial score (nSPS) is 22.7. The van der Waals surface area contributed by atoms with E-state index in [4.69, 9.17) is 21.7 Å². The lowest BCUT2D eigenvalue weighted by atomic mass is 9.76. The lowest BCUT2D eigenvalue weighted by Gasteiger charge is -2.34. The number of carbonyl (C=O) groups is 2. The van der Waals surface area contributed by atoms with Gasteiger partial charge in [-0.1, -0.05) is 42.6 Å². The summed E-state index contributed by atoms with van der Waals surface area (Å²) in [5, 5.41) is 8.68. The lowest BCUT2D eigenvalue weighted by molar-refractivity contribution is -0.137. The topological polar surface area (TPSA) is 70.8 Å². The number of hydrogen-bond donors (Lipinski definition) is 1. The third-order valence-corrected chi connectivity index (χ3v) is 7.12. The van der Waals surface area contributed by atoms with Crippen LogP contribution in [0.15, 0.2) is 39.4 Å². The molecule has 1 aromatic rings. The van der Waals surface area contributed by atoms with E-state index in [0.717, 1.165) is 18.7 Å². The summed E-state index contributed by atoms with van der Waals surface area (Å²) in [7, 11) is 0. The molecule has 5 nitrogen and oxygen atoms in total. The monoisotopic (exact) mass is 499 g/mol. The number of allylic oxidation sites excluding steroid dienone is 4. The number of furan rings is 1. The molecule has 1 aromatic heterocycles. The first-order valence-corrected chi connectivity index (χ1v) is 11.7. The fourth-order valence-corrected chi connectivity index (χ4v) is 4.76. The minimum Gasteiger partial charge on any atom is -0.481 e. The molecule has 0 radical (unpaired) electrons. The molecule has 1 aliphatic carbocycles. The van der Waals surface area contributed by atoms with Crippen molar-refractivity contribution in [2.45, 2.75) is 51.9 Å². The van der Waals surface area contributed by atoms with Crippen molar-refractivity contribution in [3.05, 3.63) is 46.5 Å². The molecule has 10 heteroatoms. The quantitative estimate of drug-likeness (QED) is 0.240. The second-order valence-electron chi connectivity index (χ2n) is 8.37.